The van der Waals surface area contributed by atoms with Crippen molar-refractivity contribution in [1.82, 2.24) is 10.4 Å². The molecular weight excluding hydrogens is 259 g/mol. The second kappa shape index (κ2) is 7.04. The summed E-state index contributed by atoms with van der Waals surface area (Å²) in [4.78, 5) is 12.2. The number of hydrogen-bond acceptors (Lipinski definition) is 3. The van der Waals surface area contributed by atoms with E-state index in [9.17, 15) is 9.18 Å². The number of nitrogens with zero attached hydrogens (tertiary/aromatic N) is 1. The first-order valence-corrected chi connectivity index (χ1v) is 6.66. The van der Waals surface area contributed by atoms with Crippen molar-refractivity contribution in [1.29, 1.82) is 0 Å². The van der Waals surface area contributed by atoms with Gasteiger partial charge in [0.05, 0.1) is 5.56 Å². The quantitative estimate of drug-likeness (QED) is 0.801. The molecule has 1 amide bonds. The molecule has 0 bridgehead atoms. The SMILES string of the molecule is O=C(NN1CCCCC1)c1cc(F)ccc1C#CCO. The summed E-state index contributed by atoms with van der Waals surface area (Å²) in [7, 11) is 0. The van der Waals surface area contributed by atoms with Gasteiger partial charge in [-0.25, -0.2) is 9.40 Å². The van der Waals surface area contributed by atoms with E-state index < -0.39 is 5.82 Å². The van der Waals surface area contributed by atoms with Gasteiger partial charge in [0.25, 0.3) is 5.91 Å². The second-order valence-electron chi connectivity index (χ2n) is 4.64. The third-order valence-electron chi connectivity index (χ3n) is 3.14. The van der Waals surface area contributed by atoms with E-state index in [1.165, 1.54) is 24.6 Å². The molecule has 5 heteroatoms. The molecule has 0 saturated carbocycles. The summed E-state index contributed by atoms with van der Waals surface area (Å²) in [5, 5.41) is 10.6. The van der Waals surface area contributed by atoms with Crippen LogP contribution >= 0.6 is 0 Å². The van der Waals surface area contributed by atoms with Gasteiger partial charge in [0.15, 0.2) is 0 Å². The molecule has 2 N–H and O–H groups in total. The van der Waals surface area contributed by atoms with Crippen molar-refractivity contribution in [3.05, 3.63) is 35.1 Å². The second-order valence-corrected chi connectivity index (χ2v) is 4.64. The number of halogens is 1. The number of aliphatic hydroxyl groups excluding tert-OH is 1. The van der Waals surface area contributed by atoms with E-state index in [2.05, 4.69) is 17.3 Å². The number of amides is 1. The van der Waals surface area contributed by atoms with Crippen LogP contribution in [0.15, 0.2) is 18.2 Å². The average Bonchev–Trinajstić information content (AvgIpc) is 2.47. The first-order valence-electron chi connectivity index (χ1n) is 6.66. The van der Waals surface area contributed by atoms with Crippen molar-refractivity contribution < 1.29 is 14.3 Å². The minimum absolute atomic E-state index is 0.191. The lowest BCUT2D eigenvalue weighted by Crippen LogP contribution is -2.45. The number of hydrazine groups is 1. The van der Waals surface area contributed by atoms with Gasteiger partial charge in [-0.15, -0.1) is 0 Å². The Morgan fingerprint density at radius 3 is 2.80 bits per heavy atom. The maximum Gasteiger partial charge on any atom is 0.266 e. The van der Waals surface area contributed by atoms with Gasteiger partial charge in [0.2, 0.25) is 0 Å². The molecule has 1 aliphatic rings. The molecule has 0 spiro atoms. The zero-order valence-electron chi connectivity index (χ0n) is 11.2. The predicted molar refractivity (Wildman–Crippen MR) is 73.3 cm³/mol. The Kier molecular flexibility index (Phi) is 5.10. The molecule has 1 fully saturated rings. The van der Waals surface area contributed by atoms with Gasteiger partial charge >= 0.3 is 0 Å². The minimum atomic E-state index is -0.483. The molecule has 0 radical (unpaired) electrons. The molecule has 2 rings (SSSR count). The molecule has 0 atom stereocenters. The normalized spacial score (nSPS) is 15.3. The highest BCUT2D eigenvalue weighted by atomic mass is 19.1. The van der Waals surface area contributed by atoms with Gasteiger partial charge in [0, 0.05) is 18.7 Å². The number of hydrogen-bond donors (Lipinski definition) is 2. The van der Waals surface area contributed by atoms with E-state index in [4.69, 9.17) is 5.11 Å². The van der Waals surface area contributed by atoms with Crippen molar-refractivity contribution in [3.8, 4) is 11.8 Å². The molecule has 0 unspecified atom stereocenters. The fourth-order valence-corrected chi connectivity index (χ4v) is 2.16. The standard InChI is InChI=1S/C15H17FN2O2/c16-13-7-6-12(5-4-10-19)14(11-13)15(20)17-18-8-2-1-3-9-18/h6-7,11,19H,1-3,8-10H2,(H,17,20). The first kappa shape index (κ1) is 14.5. The summed E-state index contributed by atoms with van der Waals surface area (Å²) in [6.45, 7) is 1.31. The van der Waals surface area contributed by atoms with Crippen LogP contribution in [0.25, 0.3) is 0 Å². The van der Waals surface area contributed by atoms with E-state index in [-0.39, 0.29) is 18.1 Å². The third-order valence-corrected chi connectivity index (χ3v) is 3.14. The number of carbonyl (C=O) groups excluding carboxylic acids is 1. The summed E-state index contributed by atoms with van der Waals surface area (Å²) >= 11 is 0. The van der Waals surface area contributed by atoms with E-state index >= 15 is 0 Å². The van der Waals surface area contributed by atoms with Gasteiger partial charge in [-0.2, -0.15) is 0 Å². The molecule has 20 heavy (non-hydrogen) atoms. The highest BCUT2D eigenvalue weighted by molar-refractivity contribution is 5.96. The lowest BCUT2D eigenvalue weighted by Gasteiger charge is -2.26. The largest absolute Gasteiger partial charge is 0.384 e. The number of rotatable bonds is 2. The minimum Gasteiger partial charge on any atom is -0.384 e. The molecule has 4 nitrogen and oxygen atoms in total. The molecule has 1 aromatic rings. The summed E-state index contributed by atoms with van der Waals surface area (Å²) < 4.78 is 13.3. The topological polar surface area (TPSA) is 52.6 Å². The number of piperidine rings is 1. The predicted octanol–water partition coefficient (Wildman–Crippen LogP) is 1.30. The van der Waals surface area contributed by atoms with Gasteiger partial charge < -0.3 is 5.11 Å². The van der Waals surface area contributed by atoms with Crippen molar-refractivity contribution in [2.24, 2.45) is 0 Å². The Bertz CT molecular complexity index is 543. The highest BCUT2D eigenvalue weighted by Gasteiger charge is 2.16. The highest BCUT2D eigenvalue weighted by Crippen LogP contribution is 2.12. The van der Waals surface area contributed by atoms with E-state index in [0.717, 1.165) is 25.9 Å². The maximum absolute atomic E-state index is 13.3. The maximum atomic E-state index is 13.3. The molecule has 1 aromatic carbocycles. The number of carbonyl (C=O) groups is 1. The Hall–Kier alpha value is -1.90. The van der Waals surface area contributed by atoms with Crippen LogP contribution in [0.3, 0.4) is 0 Å². The summed E-state index contributed by atoms with van der Waals surface area (Å²) in [6, 6.07) is 3.86. The van der Waals surface area contributed by atoms with Crippen molar-refractivity contribution in [2.45, 2.75) is 19.3 Å². The fourth-order valence-electron chi connectivity index (χ4n) is 2.16. The monoisotopic (exact) mass is 276 g/mol. The smallest absolute Gasteiger partial charge is 0.266 e. The fraction of sp³-hybridized carbons (Fsp3) is 0.400. The Morgan fingerprint density at radius 2 is 2.10 bits per heavy atom. The molecular formula is C15H17FN2O2. The van der Waals surface area contributed by atoms with E-state index in [0.29, 0.717) is 5.56 Å². The Balaban J connectivity index is 2.16. The lowest BCUT2D eigenvalue weighted by atomic mass is 10.1. The van der Waals surface area contributed by atoms with Crippen LogP contribution in [0.2, 0.25) is 0 Å². The van der Waals surface area contributed by atoms with Gasteiger partial charge in [0.1, 0.15) is 12.4 Å². The average molecular weight is 276 g/mol. The Morgan fingerprint density at radius 1 is 1.35 bits per heavy atom. The third kappa shape index (κ3) is 3.80. The molecule has 0 aromatic heterocycles. The van der Waals surface area contributed by atoms with Crippen LogP contribution < -0.4 is 5.43 Å². The molecule has 1 saturated heterocycles. The molecule has 1 heterocycles. The number of benzene rings is 1. The number of aliphatic hydroxyl groups is 1. The van der Waals surface area contributed by atoms with Crippen molar-refractivity contribution >= 4 is 5.91 Å². The number of nitrogens with one attached hydrogen (secondary N) is 1. The molecule has 106 valence electrons. The van der Waals surface area contributed by atoms with Gasteiger partial charge in [-0.05, 0) is 31.0 Å². The van der Waals surface area contributed by atoms with E-state index in [1.807, 2.05) is 5.01 Å². The van der Waals surface area contributed by atoms with Crippen LogP contribution in [-0.4, -0.2) is 35.7 Å². The zero-order valence-corrected chi connectivity index (χ0v) is 11.2. The Labute approximate surface area is 117 Å². The van der Waals surface area contributed by atoms with Crippen LogP contribution in [0, 0.1) is 17.7 Å². The van der Waals surface area contributed by atoms with E-state index in [1.54, 1.807) is 0 Å². The first-order chi connectivity index (χ1) is 9.70. The van der Waals surface area contributed by atoms with Crippen molar-refractivity contribution in [3.63, 3.8) is 0 Å². The molecule has 0 aliphatic carbocycles. The summed E-state index contributed by atoms with van der Waals surface area (Å²) in [5.74, 6) is 4.28. The van der Waals surface area contributed by atoms with Crippen LogP contribution in [0.1, 0.15) is 35.2 Å². The lowest BCUT2D eigenvalue weighted by molar-refractivity contribution is 0.0749. The van der Waals surface area contributed by atoms with Crippen LogP contribution in [0.4, 0.5) is 4.39 Å². The summed E-state index contributed by atoms with van der Waals surface area (Å²) in [5.41, 5.74) is 3.38. The van der Waals surface area contributed by atoms with Gasteiger partial charge in [-0.3, -0.25) is 10.2 Å². The zero-order chi connectivity index (χ0) is 14.4. The van der Waals surface area contributed by atoms with Crippen LogP contribution in [0.5, 0.6) is 0 Å². The molecule has 1 aliphatic heterocycles. The van der Waals surface area contributed by atoms with Crippen molar-refractivity contribution in [2.75, 3.05) is 19.7 Å². The van der Waals surface area contributed by atoms with Gasteiger partial charge in [-0.1, -0.05) is 18.3 Å². The van der Waals surface area contributed by atoms with Crippen LogP contribution in [-0.2, 0) is 0 Å². The summed E-state index contributed by atoms with van der Waals surface area (Å²) in [6.07, 6.45) is 3.25.